The molecule has 1 saturated heterocycles. The zero-order valence-electron chi connectivity index (χ0n) is 7.29. The van der Waals surface area contributed by atoms with Crippen LogP contribution in [0, 0.1) is 0 Å². The molecule has 0 unspecified atom stereocenters. The van der Waals surface area contributed by atoms with E-state index < -0.39 is 0 Å². The lowest BCUT2D eigenvalue weighted by Gasteiger charge is -2.18. The molecule has 11 heavy (non-hydrogen) atoms. The van der Waals surface area contributed by atoms with Gasteiger partial charge in [-0.2, -0.15) is 0 Å². The van der Waals surface area contributed by atoms with Gasteiger partial charge in [-0.1, -0.05) is 6.92 Å². The number of aliphatic imine (C=N–C) groups is 1. The monoisotopic (exact) mass is 155 g/mol. The van der Waals surface area contributed by atoms with E-state index >= 15 is 0 Å². The molecule has 0 amide bonds. The zero-order valence-corrected chi connectivity index (χ0v) is 7.29. The van der Waals surface area contributed by atoms with Gasteiger partial charge in [0.05, 0.1) is 13.3 Å². The molecule has 0 radical (unpaired) electrons. The van der Waals surface area contributed by atoms with E-state index in [0.29, 0.717) is 0 Å². The molecule has 1 fully saturated rings. The fourth-order valence-corrected chi connectivity index (χ4v) is 1.14. The second kappa shape index (κ2) is 4.46. The Bertz CT molecular complexity index is 121. The van der Waals surface area contributed by atoms with Crippen LogP contribution in [0.4, 0.5) is 0 Å². The van der Waals surface area contributed by atoms with Gasteiger partial charge in [0.2, 0.25) is 0 Å². The Kier molecular flexibility index (Phi) is 3.52. The summed E-state index contributed by atoms with van der Waals surface area (Å²) in [5.74, 6) is 0. The van der Waals surface area contributed by atoms with Crippen LogP contribution in [-0.2, 0) is 0 Å². The second-order valence-corrected chi connectivity index (χ2v) is 3.02. The molecule has 3 nitrogen and oxygen atoms in total. The Labute approximate surface area is 68.7 Å². The number of rotatable bonds is 6. The van der Waals surface area contributed by atoms with Crippen LogP contribution >= 0.6 is 0 Å². The SMILES string of the molecule is C=NCN(CCC)CN1CC1. The van der Waals surface area contributed by atoms with E-state index in [1.807, 2.05) is 0 Å². The summed E-state index contributed by atoms with van der Waals surface area (Å²) in [4.78, 5) is 8.59. The van der Waals surface area contributed by atoms with Gasteiger partial charge in [0, 0.05) is 19.6 Å². The minimum Gasteiger partial charge on any atom is -0.288 e. The summed E-state index contributed by atoms with van der Waals surface area (Å²) in [6.45, 7) is 11.2. The van der Waals surface area contributed by atoms with Crippen molar-refractivity contribution in [2.75, 3.05) is 33.0 Å². The third-order valence-corrected chi connectivity index (χ3v) is 1.78. The molecule has 0 bridgehead atoms. The molecule has 0 atom stereocenters. The highest BCUT2D eigenvalue weighted by Crippen LogP contribution is 2.05. The highest BCUT2D eigenvalue weighted by Gasteiger charge is 2.19. The number of hydrogen-bond acceptors (Lipinski definition) is 3. The first-order chi connectivity index (χ1) is 5.36. The van der Waals surface area contributed by atoms with Crippen molar-refractivity contribution in [1.29, 1.82) is 0 Å². The van der Waals surface area contributed by atoms with Crippen molar-refractivity contribution in [2.24, 2.45) is 4.99 Å². The van der Waals surface area contributed by atoms with Crippen LogP contribution in [0.3, 0.4) is 0 Å². The standard InChI is InChI=1S/C8H17N3/c1-3-4-11(7-9-2)8-10-5-6-10/h2-8H2,1H3. The summed E-state index contributed by atoms with van der Waals surface area (Å²) >= 11 is 0. The number of hydrogen-bond donors (Lipinski definition) is 0. The fourth-order valence-electron chi connectivity index (χ4n) is 1.14. The molecule has 64 valence electrons. The van der Waals surface area contributed by atoms with Crippen LogP contribution in [0.15, 0.2) is 4.99 Å². The molecule has 3 heteroatoms. The van der Waals surface area contributed by atoms with E-state index in [1.54, 1.807) is 0 Å². The van der Waals surface area contributed by atoms with Crippen LogP contribution < -0.4 is 0 Å². The van der Waals surface area contributed by atoms with Gasteiger partial charge in [-0.05, 0) is 13.1 Å². The van der Waals surface area contributed by atoms with E-state index in [1.165, 1.54) is 19.5 Å². The predicted octanol–water partition coefficient (Wildman–Crippen LogP) is 0.630. The van der Waals surface area contributed by atoms with Crippen molar-refractivity contribution in [3.8, 4) is 0 Å². The molecular formula is C8H17N3. The second-order valence-electron chi connectivity index (χ2n) is 3.02. The largest absolute Gasteiger partial charge is 0.288 e. The summed E-state index contributed by atoms with van der Waals surface area (Å²) in [7, 11) is 0. The van der Waals surface area contributed by atoms with Crippen LogP contribution in [0.5, 0.6) is 0 Å². The average Bonchev–Trinajstić information content (AvgIpc) is 2.73. The fraction of sp³-hybridized carbons (Fsp3) is 0.875. The maximum atomic E-state index is 3.88. The van der Waals surface area contributed by atoms with Crippen LogP contribution in [-0.4, -0.2) is 49.5 Å². The first kappa shape index (κ1) is 8.68. The van der Waals surface area contributed by atoms with E-state index in [0.717, 1.165) is 19.9 Å². The average molecular weight is 155 g/mol. The molecule has 0 aliphatic carbocycles. The first-order valence-electron chi connectivity index (χ1n) is 4.24. The Balaban J connectivity index is 2.13. The van der Waals surface area contributed by atoms with E-state index in [9.17, 15) is 0 Å². The van der Waals surface area contributed by atoms with Gasteiger partial charge in [0.1, 0.15) is 0 Å². The topological polar surface area (TPSA) is 18.6 Å². The van der Waals surface area contributed by atoms with Gasteiger partial charge in [-0.15, -0.1) is 0 Å². The Morgan fingerprint density at radius 2 is 2.27 bits per heavy atom. The molecule has 0 aromatic carbocycles. The zero-order chi connectivity index (χ0) is 8.10. The van der Waals surface area contributed by atoms with Crippen molar-refractivity contribution in [3.05, 3.63) is 0 Å². The molecule has 0 spiro atoms. The van der Waals surface area contributed by atoms with E-state index in [2.05, 4.69) is 28.4 Å². The summed E-state index contributed by atoms with van der Waals surface area (Å²) in [6.07, 6.45) is 1.20. The van der Waals surface area contributed by atoms with Gasteiger partial charge < -0.3 is 0 Å². The predicted molar refractivity (Wildman–Crippen MR) is 47.9 cm³/mol. The van der Waals surface area contributed by atoms with Gasteiger partial charge in [0.25, 0.3) is 0 Å². The van der Waals surface area contributed by atoms with Gasteiger partial charge in [-0.3, -0.25) is 14.8 Å². The van der Waals surface area contributed by atoms with Gasteiger partial charge in [-0.25, -0.2) is 0 Å². The minimum absolute atomic E-state index is 0.782. The normalized spacial score (nSPS) is 17.3. The van der Waals surface area contributed by atoms with Crippen molar-refractivity contribution < 1.29 is 0 Å². The Morgan fingerprint density at radius 3 is 2.73 bits per heavy atom. The van der Waals surface area contributed by atoms with E-state index in [-0.39, 0.29) is 0 Å². The van der Waals surface area contributed by atoms with Crippen molar-refractivity contribution >= 4 is 6.72 Å². The van der Waals surface area contributed by atoms with Crippen LogP contribution in [0.25, 0.3) is 0 Å². The molecule has 1 rings (SSSR count). The van der Waals surface area contributed by atoms with Gasteiger partial charge >= 0.3 is 0 Å². The van der Waals surface area contributed by atoms with Crippen molar-refractivity contribution in [3.63, 3.8) is 0 Å². The molecule has 0 N–H and O–H groups in total. The minimum atomic E-state index is 0.782. The lowest BCUT2D eigenvalue weighted by Crippen LogP contribution is -2.30. The van der Waals surface area contributed by atoms with Crippen molar-refractivity contribution in [2.45, 2.75) is 13.3 Å². The van der Waals surface area contributed by atoms with E-state index in [4.69, 9.17) is 0 Å². The highest BCUT2D eigenvalue weighted by atomic mass is 15.4. The quantitative estimate of drug-likeness (QED) is 0.414. The maximum Gasteiger partial charge on any atom is 0.0912 e. The van der Waals surface area contributed by atoms with Crippen LogP contribution in [0.1, 0.15) is 13.3 Å². The molecule has 0 aromatic rings. The Hall–Kier alpha value is -0.410. The van der Waals surface area contributed by atoms with Crippen molar-refractivity contribution in [1.82, 2.24) is 9.80 Å². The molecule has 1 heterocycles. The lowest BCUT2D eigenvalue weighted by molar-refractivity contribution is 0.221. The highest BCUT2D eigenvalue weighted by molar-refractivity contribution is 5.22. The van der Waals surface area contributed by atoms with Gasteiger partial charge in [0.15, 0.2) is 0 Å². The summed E-state index contributed by atoms with van der Waals surface area (Å²) in [5, 5.41) is 0. The summed E-state index contributed by atoms with van der Waals surface area (Å²) in [5.41, 5.74) is 0. The molecule has 1 aliphatic heterocycles. The lowest BCUT2D eigenvalue weighted by atomic mass is 10.4. The van der Waals surface area contributed by atoms with Crippen LogP contribution in [0.2, 0.25) is 0 Å². The molecular weight excluding hydrogens is 138 g/mol. The summed E-state index contributed by atoms with van der Waals surface area (Å²) < 4.78 is 0. The smallest absolute Gasteiger partial charge is 0.0912 e. The third-order valence-electron chi connectivity index (χ3n) is 1.78. The Morgan fingerprint density at radius 1 is 1.55 bits per heavy atom. The molecule has 0 aromatic heterocycles. The maximum absolute atomic E-state index is 3.88. The third kappa shape index (κ3) is 3.49. The molecule has 0 saturated carbocycles. The summed E-state index contributed by atoms with van der Waals surface area (Å²) in [6, 6.07) is 0. The molecule has 1 aliphatic rings. The first-order valence-corrected chi connectivity index (χ1v) is 4.24. The number of nitrogens with zero attached hydrogens (tertiary/aromatic N) is 3.